The highest BCUT2D eigenvalue weighted by Crippen LogP contribution is 2.27. The van der Waals surface area contributed by atoms with Crippen molar-refractivity contribution < 1.29 is 0 Å². The number of nitrogens with zero attached hydrogens (tertiary/aromatic N) is 1. The Hall–Kier alpha value is -1.96. The molecule has 0 bridgehead atoms. The molecule has 1 aliphatic rings. The van der Waals surface area contributed by atoms with Gasteiger partial charge in [-0.3, -0.25) is 0 Å². The summed E-state index contributed by atoms with van der Waals surface area (Å²) in [6.45, 7) is 2.31. The zero-order chi connectivity index (χ0) is 13.1. The minimum Gasteiger partial charge on any atom is -0.399 e. The Balaban J connectivity index is 1.55. The van der Waals surface area contributed by atoms with Gasteiger partial charge in [-0.2, -0.15) is 0 Å². The first-order valence-corrected chi connectivity index (χ1v) is 7.00. The van der Waals surface area contributed by atoms with Crippen LogP contribution in [0.5, 0.6) is 0 Å². The summed E-state index contributed by atoms with van der Waals surface area (Å²) in [5, 5.41) is 0. The zero-order valence-electron chi connectivity index (χ0n) is 11.2. The fourth-order valence-electron chi connectivity index (χ4n) is 2.80. The summed E-state index contributed by atoms with van der Waals surface area (Å²) in [7, 11) is 0. The van der Waals surface area contributed by atoms with Crippen molar-refractivity contribution in [3.63, 3.8) is 0 Å². The SMILES string of the molecule is Nc1ccc(CCCN2CCc3ccccc32)cc1. The third-order valence-electron chi connectivity index (χ3n) is 3.86. The van der Waals surface area contributed by atoms with E-state index >= 15 is 0 Å². The number of hydrogen-bond donors (Lipinski definition) is 1. The Labute approximate surface area is 114 Å². The lowest BCUT2D eigenvalue weighted by Gasteiger charge is -2.19. The molecule has 0 saturated carbocycles. The first kappa shape index (κ1) is 12.1. The minimum atomic E-state index is 0.845. The molecule has 0 saturated heterocycles. The van der Waals surface area contributed by atoms with E-state index in [4.69, 9.17) is 5.73 Å². The van der Waals surface area contributed by atoms with Crippen molar-refractivity contribution in [3.05, 3.63) is 59.7 Å². The van der Waals surface area contributed by atoms with Crippen LogP contribution in [0.2, 0.25) is 0 Å². The van der Waals surface area contributed by atoms with Crippen LogP contribution in [-0.2, 0) is 12.8 Å². The molecular weight excluding hydrogens is 232 g/mol. The molecule has 2 aromatic carbocycles. The first-order chi connectivity index (χ1) is 9.33. The predicted octanol–water partition coefficient (Wildman–Crippen LogP) is 3.26. The number of benzene rings is 2. The fourth-order valence-corrected chi connectivity index (χ4v) is 2.80. The average molecular weight is 252 g/mol. The van der Waals surface area contributed by atoms with Gasteiger partial charge in [0.15, 0.2) is 0 Å². The van der Waals surface area contributed by atoms with E-state index in [1.807, 2.05) is 12.1 Å². The molecule has 2 N–H and O–H groups in total. The molecule has 0 amide bonds. The van der Waals surface area contributed by atoms with Crippen LogP contribution in [0.3, 0.4) is 0 Å². The van der Waals surface area contributed by atoms with Gasteiger partial charge in [0, 0.05) is 24.5 Å². The largest absolute Gasteiger partial charge is 0.399 e. The summed E-state index contributed by atoms with van der Waals surface area (Å²) in [5.41, 5.74) is 10.8. The van der Waals surface area contributed by atoms with Gasteiger partial charge < -0.3 is 10.6 Å². The number of aryl methyl sites for hydroxylation is 1. The molecule has 0 unspecified atom stereocenters. The van der Waals surface area contributed by atoms with Crippen LogP contribution in [0.25, 0.3) is 0 Å². The quantitative estimate of drug-likeness (QED) is 0.846. The van der Waals surface area contributed by atoms with Gasteiger partial charge in [0.25, 0.3) is 0 Å². The van der Waals surface area contributed by atoms with E-state index in [0.717, 1.165) is 18.7 Å². The van der Waals surface area contributed by atoms with Crippen molar-refractivity contribution in [2.45, 2.75) is 19.3 Å². The number of fused-ring (bicyclic) bond motifs is 1. The predicted molar refractivity (Wildman–Crippen MR) is 81.5 cm³/mol. The van der Waals surface area contributed by atoms with Crippen LogP contribution in [0, 0.1) is 0 Å². The lowest BCUT2D eigenvalue weighted by Crippen LogP contribution is -2.22. The zero-order valence-corrected chi connectivity index (χ0v) is 11.2. The summed E-state index contributed by atoms with van der Waals surface area (Å²) in [5.74, 6) is 0. The van der Waals surface area contributed by atoms with Crippen molar-refractivity contribution in [3.8, 4) is 0 Å². The molecule has 98 valence electrons. The van der Waals surface area contributed by atoms with Crippen LogP contribution >= 0.6 is 0 Å². The molecule has 0 aromatic heterocycles. The van der Waals surface area contributed by atoms with Crippen molar-refractivity contribution in [2.75, 3.05) is 23.7 Å². The first-order valence-electron chi connectivity index (χ1n) is 7.00. The highest BCUT2D eigenvalue weighted by molar-refractivity contribution is 5.57. The van der Waals surface area contributed by atoms with E-state index < -0.39 is 0 Å². The molecule has 1 heterocycles. The summed E-state index contributed by atoms with van der Waals surface area (Å²) >= 11 is 0. The standard InChI is InChI=1S/C17H20N2/c18-16-9-7-14(8-10-16)4-3-12-19-13-11-15-5-1-2-6-17(15)19/h1-2,5-10H,3-4,11-13,18H2. The van der Waals surface area contributed by atoms with Gasteiger partial charge in [0.1, 0.15) is 0 Å². The van der Waals surface area contributed by atoms with Gasteiger partial charge in [0.2, 0.25) is 0 Å². The Morgan fingerprint density at radius 3 is 2.63 bits per heavy atom. The minimum absolute atomic E-state index is 0.845. The summed E-state index contributed by atoms with van der Waals surface area (Å²) < 4.78 is 0. The molecule has 0 radical (unpaired) electrons. The van der Waals surface area contributed by atoms with Gasteiger partial charge in [-0.25, -0.2) is 0 Å². The smallest absolute Gasteiger partial charge is 0.0399 e. The third-order valence-corrected chi connectivity index (χ3v) is 3.86. The number of rotatable bonds is 4. The monoisotopic (exact) mass is 252 g/mol. The van der Waals surface area contributed by atoms with Crippen LogP contribution in [0.4, 0.5) is 11.4 Å². The van der Waals surface area contributed by atoms with E-state index in [-0.39, 0.29) is 0 Å². The number of para-hydroxylation sites is 1. The summed E-state index contributed by atoms with van der Waals surface area (Å²) in [4.78, 5) is 2.51. The van der Waals surface area contributed by atoms with Crippen molar-refractivity contribution in [2.24, 2.45) is 0 Å². The molecular formula is C17H20N2. The molecule has 2 heteroatoms. The van der Waals surface area contributed by atoms with Crippen LogP contribution in [0.15, 0.2) is 48.5 Å². The number of nitrogens with two attached hydrogens (primary N) is 1. The van der Waals surface area contributed by atoms with Crippen LogP contribution < -0.4 is 10.6 Å². The second-order valence-corrected chi connectivity index (χ2v) is 5.21. The van der Waals surface area contributed by atoms with Crippen LogP contribution in [-0.4, -0.2) is 13.1 Å². The number of hydrogen-bond acceptors (Lipinski definition) is 2. The van der Waals surface area contributed by atoms with Crippen molar-refractivity contribution in [1.29, 1.82) is 0 Å². The normalized spacial score (nSPS) is 13.6. The summed E-state index contributed by atoms with van der Waals surface area (Å²) in [6.07, 6.45) is 3.51. The molecule has 0 spiro atoms. The van der Waals surface area contributed by atoms with E-state index in [1.165, 1.54) is 36.2 Å². The molecule has 0 fully saturated rings. The van der Waals surface area contributed by atoms with E-state index in [0.29, 0.717) is 0 Å². The van der Waals surface area contributed by atoms with Gasteiger partial charge in [-0.05, 0) is 48.6 Å². The number of nitrogen functional groups attached to an aromatic ring is 1. The fraction of sp³-hybridized carbons (Fsp3) is 0.294. The van der Waals surface area contributed by atoms with Gasteiger partial charge in [-0.1, -0.05) is 30.3 Å². The summed E-state index contributed by atoms with van der Waals surface area (Å²) in [6, 6.07) is 17.0. The Bertz CT molecular complexity index is 545. The molecule has 3 rings (SSSR count). The lowest BCUT2D eigenvalue weighted by atomic mass is 10.1. The molecule has 0 atom stereocenters. The van der Waals surface area contributed by atoms with Crippen molar-refractivity contribution in [1.82, 2.24) is 0 Å². The highest BCUT2D eigenvalue weighted by Gasteiger charge is 2.17. The van der Waals surface area contributed by atoms with Gasteiger partial charge in [-0.15, -0.1) is 0 Å². The molecule has 2 nitrogen and oxygen atoms in total. The number of anilines is 2. The molecule has 1 aliphatic heterocycles. The van der Waals surface area contributed by atoms with Crippen LogP contribution in [0.1, 0.15) is 17.5 Å². The second-order valence-electron chi connectivity index (χ2n) is 5.21. The van der Waals surface area contributed by atoms with E-state index in [9.17, 15) is 0 Å². The maximum Gasteiger partial charge on any atom is 0.0399 e. The van der Waals surface area contributed by atoms with Gasteiger partial charge >= 0.3 is 0 Å². The van der Waals surface area contributed by atoms with E-state index in [2.05, 4.69) is 41.3 Å². The Kier molecular flexibility index (Phi) is 3.41. The molecule has 0 aliphatic carbocycles. The maximum atomic E-state index is 5.70. The topological polar surface area (TPSA) is 29.3 Å². The Morgan fingerprint density at radius 1 is 1.00 bits per heavy atom. The Morgan fingerprint density at radius 2 is 1.79 bits per heavy atom. The third kappa shape index (κ3) is 2.73. The average Bonchev–Trinajstić information content (AvgIpc) is 2.85. The molecule has 2 aromatic rings. The molecule has 19 heavy (non-hydrogen) atoms. The van der Waals surface area contributed by atoms with Gasteiger partial charge in [0.05, 0.1) is 0 Å². The van der Waals surface area contributed by atoms with Crippen molar-refractivity contribution >= 4 is 11.4 Å². The van der Waals surface area contributed by atoms with E-state index in [1.54, 1.807) is 0 Å². The lowest BCUT2D eigenvalue weighted by molar-refractivity contribution is 0.751. The second kappa shape index (κ2) is 5.35. The highest BCUT2D eigenvalue weighted by atomic mass is 15.1. The maximum absolute atomic E-state index is 5.70.